The Balaban J connectivity index is 2.34. The summed E-state index contributed by atoms with van der Waals surface area (Å²) in [6, 6.07) is 1.13. The van der Waals surface area contributed by atoms with Gasteiger partial charge in [-0.2, -0.15) is 0 Å². The van der Waals surface area contributed by atoms with Crippen molar-refractivity contribution in [2.45, 2.75) is 12.3 Å². The zero-order valence-electron chi connectivity index (χ0n) is 7.51. The van der Waals surface area contributed by atoms with Gasteiger partial charge in [0.15, 0.2) is 0 Å². The Hall–Kier alpha value is -1.52. The quantitative estimate of drug-likeness (QED) is 0.823. The van der Waals surface area contributed by atoms with E-state index >= 15 is 0 Å². The molecule has 0 unspecified atom stereocenters. The average Bonchev–Trinajstić information content (AvgIpc) is 2.81. The summed E-state index contributed by atoms with van der Waals surface area (Å²) in [5, 5.41) is 8.60. The van der Waals surface area contributed by atoms with Crippen LogP contribution in [0.15, 0.2) is 12.1 Å². The van der Waals surface area contributed by atoms with Crippen LogP contribution in [0.4, 0.5) is 13.2 Å². The van der Waals surface area contributed by atoms with E-state index in [2.05, 4.69) is 0 Å². The molecule has 1 fully saturated rings. The van der Waals surface area contributed by atoms with Crippen LogP contribution in [0.3, 0.4) is 0 Å². The van der Waals surface area contributed by atoms with Gasteiger partial charge >= 0.3 is 5.97 Å². The third kappa shape index (κ3) is 1.69. The molecular formula is C10H7F3O2. The molecule has 1 aromatic rings. The molecule has 0 radical (unpaired) electrons. The second-order valence-corrected chi connectivity index (χ2v) is 3.57. The highest BCUT2D eigenvalue weighted by molar-refractivity contribution is 5.75. The van der Waals surface area contributed by atoms with Gasteiger partial charge in [0.05, 0.1) is 5.92 Å². The van der Waals surface area contributed by atoms with Gasteiger partial charge in [0, 0.05) is 23.6 Å². The smallest absolute Gasteiger partial charge is 0.307 e. The maximum absolute atomic E-state index is 13.2. The lowest BCUT2D eigenvalue weighted by atomic mass is 10.1. The molecule has 0 saturated heterocycles. The van der Waals surface area contributed by atoms with Crippen molar-refractivity contribution in [3.05, 3.63) is 35.1 Å². The number of hydrogen-bond donors (Lipinski definition) is 1. The molecule has 1 aliphatic carbocycles. The summed E-state index contributed by atoms with van der Waals surface area (Å²) in [7, 11) is 0. The summed E-state index contributed by atoms with van der Waals surface area (Å²) in [6.45, 7) is 0. The molecule has 0 aromatic heterocycles. The first-order valence-electron chi connectivity index (χ1n) is 4.38. The van der Waals surface area contributed by atoms with Crippen molar-refractivity contribution in [2.24, 2.45) is 5.92 Å². The summed E-state index contributed by atoms with van der Waals surface area (Å²) in [6.07, 6.45) is 0.203. The van der Waals surface area contributed by atoms with Crippen molar-refractivity contribution in [3.8, 4) is 0 Å². The van der Waals surface area contributed by atoms with Crippen molar-refractivity contribution in [3.63, 3.8) is 0 Å². The summed E-state index contributed by atoms with van der Waals surface area (Å²) in [5.41, 5.74) is -0.316. The van der Waals surface area contributed by atoms with E-state index in [4.69, 9.17) is 5.11 Å². The first-order valence-corrected chi connectivity index (χ1v) is 4.38. The number of carbonyl (C=O) groups is 1. The molecule has 2 rings (SSSR count). The third-order valence-electron chi connectivity index (χ3n) is 2.52. The molecule has 5 heteroatoms. The van der Waals surface area contributed by atoms with Crippen molar-refractivity contribution in [2.75, 3.05) is 0 Å². The normalized spacial score (nSPS) is 23.9. The summed E-state index contributed by atoms with van der Waals surface area (Å²) < 4.78 is 38.9. The maximum atomic E-state index is 13.2. The summed E-state index contributed by atoms with van der Waals surface area (Å²) in [5.74, 6) is -5.52. The standard InChI is InChI=1S/C10H7F3O2/c11-4-1-7(12)9(8(13)2-4)5-3-6(5)10(14)15/h1-2,5-6H,3H2,(H,14,15)/t5-,6-/m1/s1. The van der Waals surface area contributed by atoms with E-state index in [0.29, 0.717) is 12.1 Å². The number of hydrogen-bond acceptors (Lipinski definition) is 1. The van der Waals surface area contributed by atoms with Gasteiger partial charge in [0.25, 0.3) is 0 Å². The molecule has 80 valence electrons. The summed E-state index contributed by atoms with van der Waals surface area (Å²) in [4.78, 5) is 10.5. The molecule has 0 heterocycles. The Kier molecular flexibility index (Phi) is 2.17. The minimum Gasteiger partial charge on any atom is -0.481 e. The van der Waals surface area contributed by atoms with Crippen LogP contribution >= 0.6 is 0 Å². The van der Waals surface area contributed by atoms with E-state index in [0.717, 1.165) is 0 Å². The largest absolute Gasteiger partial charge is 0.481 e. The molecule has 2 atom stereocenters. The lowest BCUT2D eigenvalue weighted by Gasteiger charge is -2.03. The Labute approximate surface area is 83.3 Å². The SMILES string of the molecule is O=C(O)[C@@H]1C[C@H]1c1c(F)cc(F)cc1F. The zero-order valence-corrected chi connectivity index (χ0v) is 7.51. The number of halogens is 3. The molecular weight excluding hydrogens is 209 g/mol. The minimum atomic E-state index is -1.08. The number of benzene rings is 1. The van der Waals surface area contributed by atoms with Crippen LogP contribution < -0.4 is 0 Å². The van der Waals surface area contributed by atoms with Gasteiger partial charge in [-0.05, 0) is 6.42 Å². The number of rotatable bonds is 2. The van der Waals surface area contributed by atoms with Gasteiger partial charge in [-0.25, -0.2) is 13.2 Å². The lowest BCUT2D eigenvalue weighted by molar-refractivity contribution is -0.138. The van der Waals surface area contributed by atoms with E-state index in [1.54, 1.807) is 0 Å². The van der Waals surface area contributed by atoms with Crippen molar-refractivity contribution >= 4 is 5.97 Å². The molecule has 0 bridgehead atoms. The van der Waals surface area contributed by atoms with Gasteiger partial charge in [0.2, 0.25) is 0 Å². The summed E-state index contributed by atoms with van der Waals surface area (Å²) >= 11 is 0. The van der Waals surface area contributed by atoms with E-state index in [1.807, 2.05) is 0 Å². The van der Waals surface area contributed by atoms with Gasteiger partial charge in [-0.15, -0.1) is 0 Å². The van der Waals surface area contributed by atoms with Crippen molar-refractivity contribution < 1.29 is 23.1 Å². The number of aliphatic carboxylic acids is 1. The predicted molar refractivity (Wildman–Crippen MR) is 44.8 cm³/mol. The second kappa shape index (κ2) is 3.25. The number of carboxylic acid groups (broad SMARTS) is 1. The number of carboxylic acids is 1. The molecule has 1 N–H and O–H groups in total. The van der Waals surface area contributed by atoms with Gasteiger partial charge < -0.3 is 5.11 Å². The minimum absolute atomic E-state index is 0.203. The van der Waals surface area contributed by atoms with Crippen LogP contribution in [0, 0.1) is 23.4 Å². The lowest BCUT2D eigenvalue weighted by Crippen LogP contribution is -2.02. The van der Waals surface area contributed by atoms with Crippen molar-refractivity contribution in [1.29, 1.82) is 0 Å². The third-order valence-corrected chi connectivity index (χ3v) is 2.52. The van der Waals surface area contributed by atoms with Crippen molar-refractivity contribution in [1.82, 2.24) is 0 Å². The Morgan fingerprint density at radius 2 is 1.80 bits per heavy atom. The topological polar surface area (TPSA) is 37.3 Å². The fourth-order valence-corrected chi connectivity index (χ4v) is 1.69. The first kappa shape index (κ1) is 10.0. The van der Waals surface area contributed by atoms with Crippen LogP contribution in [0.1, 0.15) is 17.9 Å². The molecule has 1 saturated carbocycles. The highest BCUT2D eigenvalue weighted by Gasteiger charge is 2.46. The maximum Gasteiger partial charge on any atom is 0.307 e. The Morgan fingerprint density at radius 3 is 2.20 bits per heavy atom. The fourth-order valence-electron chi connectivity index (χ4n) is 1.69. The molecule has 1 aliphatic rings. The first-order chi connectivity index (χ1) is 7.00. The highest BCUT2D eigenvalue weighted by atomic mass is 19.1. The predicted octanol–water partition coefficient (Wildman–Crippen LogP) is 2.29. The van der Waals surface area contributed by atoms with Gasteiger partial charge in [-0.3, -0.25) is 4.79 Å². The molecule has 0 aliphatic heterocycles. The molecule has 2 nitrogen and oxygen atoms in total. The average molecular weight is 216 g/mol. The van der Waals surface area contributed by atoms with E-state index in [9.17, 15) is 18.0 Å². The van der Waals surface area contributed by atoms with Crippen LogP contribution in [0.5, 0.6) is 0 Å². The second-order valence-electron chi connectivity index (χ2n) is 3.57. The van der Waals surface area contributed by atoms with Crippen LogP contribution in [0.2, 0.25) is 0 Å². The molecule has 0 spiro atoms. The van der Waals surface area contributed by atoms with Crippen LogP contribution in [0.25, 0.3) is 0 Å². The zero-order chi connectivity index (χ0) is 11.2. The monoisotopic (exact) mass is 216 g/mol. The molecule has 0 amide bonds. The molecule has 15 heavy (non-hydrogen) atoms. The van der Waals surface area contributed by atoms with E-state index < -0.39 is 35.3 Å². The fraction of sp³-hybridized carbons (Fsp3) is 0.300. The van der Waals surface area contributed by atoms with E-state index in [1.165, 1.54) is 0 Å². The van der Waals surface area contributed by atoms with Crippen LogP contribution in [-0.2, 0) is 4.79 Å². The molecule has 1 aromatic carbocycles. The van der Waals surface area contributed by atoms with Gasteiger partial charge in [0.1, 0.15) is 17.5 Å². The highest BCUT2D eigenvalue weighted by Crippen LogP contribution is 2.49. The van der Waals surface area contributed by atoms with E-state index in [-0.39, 0.29) is 12.0 Å². The Bertz CT molecular complexity index is 408. The van der Waals surface area contributed by atoms with Crippen LogP contribution in [-0.4, -0.2) is 11.1 Å². The Morgan fingerprint density at radius 1 is 1.27 bits per heavy atom. The van der Waals surface area contributed by atoms with Gasteiger partial charge in [-0.1, -0.05) is 0 Å².